The zero-order valence-corrected chi connectivity index (χ0v) is 9.36. The van der Waals surface area contributed by atoms with E-state index < -0.39 is 6.16 Å². The van der Waals surface area contributed by atoms with E-state index in [4.69, 9.17) is 9.47 Å². The summed E-state index contributed by atoms with van der Waals surface area (Å²) in [6.07, 6.45) is 2.02. The number of ether oxygens (including phenoxy) is 2. The number of carbonyl (C=O) groups excluding carboxylic acids is 1. The normalized spacial score (nSPS) is 46.7. The SMILES string of the molecule is CC1C2CC(C1C)C1(COC(=O)OC1)C2. The van der Waals surface area contributed by atoms with Gasteiger partial charge in [-0.2, -0.15) is 0 Å². The highest BCUT2D eigenvalue weighted by atomic mass is 16.7. The lowest BCUT2D eigenvalue weighted by Crippen LogP contribution is -2.46. The van der Waals surface area contributed by atoms with Crippen LogP contribution in [-0.4, -0.2) is 19.4 Å². The summed E-state index contributed by atoms with van der Waals surface area (Å²) in [7, 11) is 0. The second kappa shape index (κ2) is 2.89. The van der Waals surface area contributed by atoms with E-state index in [-0.39, 0.29) is 5.41 Å². The summed E-state index contributed by atoms with van der Waals surface area (Å²) >= 11 is 0. The minimum atomic E-state index is -0.482. The third kappa shape index (κ3) is 1.15. The van der Waals surface area contributed by atoms with Gasteiger partial charge in [0, 0.05) is 5.41 Å². The predicted molar refractivity (Wildman–Crippen MR) is 54.3 cm³/mol. The lowest BCUT2D eigenvalue weighted by molar-refractivity contribution is -0.0975. The van der Waals surface area contributed by atoms with E-state index in [1.54, 1.807) is 0 Å². The van der Waals surface area contributed by atoms with Crippen molar-refractivity contribution in [2.24, 2.45) is 29.1 Å². The molecule has 0 amide bonds. The third-order valence-electron chi connectivity index (χ3n) is 5.17. The maximum atomic E-state index is 10.9. The van der Waals surface area contributed by atoms with Crippen molar-refractivity contribution in [3.8, 4) is 0 Å². The van der Waals surface area contributed by atoms with Gasteiger partial charge in [0.2, 0.25) is 0 Å². The number of cyclic esters (lactones) is 2. The van der Waals surface area contributed by atoms with Gasteiger partial charge in [-0.3, -0.25) is 0 Å². The van der Waals surface area contributed by atoms with Crippen molar-refractivity contribution < 1.29 is 14.3 Å². The number of carbonyl (C=O) groups is 1. The monoisotopic (exact) mass is 210 g/mol. The second-order valence-electron chi connectivity index (χ2n) is 5.71. The van der Waals surface area contributed by atoms with Crippen molar-refractivity contribution in [2.75, 3.05) is 13.2 Å². The number of fused-ring (bicyclic) bond motifs is 3. The van der Waals surface area contributed by atoms with E-state index in [0.717, 1.165) is 17.8 Å². The summed E-state index contributed by atoms with van der Waals surface area (Å²) in [5.41, 5.74) is 0.157. The molecule has 15 heavy (non-hydrogen) atoms. The van der Waals surface area contributed by atoms with Gasteiger partial charge in [-0.15, -0.1) is 0 Å². The zero-order valence-electron chi connectivity index (χ0n) is 9.36. The molecule has 0 aromatic heterocycles. The minimum absolute atomic E-state index is 0.157. The van der Waals surface area contributed by atoms with E-state index in [0.29, 0.717) is 19.1 Å². The molecular formula is C12H18O3. The Morgan fingerprint density at radius 3 is 2.40 bits per heavy atom. The van der Waals surface area contributed by atoms with E-state index in [1.165, 1.54) is 12.8 Å². The molecule has 3 aliphatic rings. The molecule has 1 aliphatic heterocycles. The Labute approximate surface area is 90.1 Å². The van der Waals surface area contributed by atoms with Crippen molar-refractivity contribution in [3.63, 3.8) is 0 Å². The summed E-state index contributed by atoms with van der Waals surface area (Å²) < 4.78 is 10.2. The smallest absolute Gasteiger partial charge is 0.434 e. The highest BCUT2D eigenvalue weighted by Crippen LogP contribution is 2.61. The van der Waals surface area contributed by atoms with Crippen LogP contribution in [0, 0.1) is 29.1 Å². The molecule has 1 saturated heterocycles. The largest absolute Gasteiger partial charge is 0.508 e. The van der Waals surface area contributed by atoms with Crippen molar-refractivity contribution in [3.05, 3.63) is 0 Å². The first-order chi connectivity index (χ1) is 7.12. The molecule has 3 heteroatoms. The summed E-state index contributed by atoms with van der Waals surface area (Å²) in [4.78, 5) is 10.9. The molecule has 0 radical (unpaired) electrons. The molecule has 4 unspecified atom stereocenters. The number of hydrogen-bond acceptors (Lipinski definition) is 3. The Morgan fingerprint density at radius 1 is 1.20 bits per heavy atom. The highest BCUT2D eigenvalue weighted by molar-refractivity contribution is 5.60. The van der Waals surface area contributed by atoms with E-state index in [2.05, 4.69) is 13.8 Å². The molecule has 3 nitrogen and oxygen atoms in total. The molecule has 0 N–H and O–H groups in total. The first-order valence-corrected chi connectivity index (χ1v) is 5.92. The van der Waals surface area contributed by atoms with E-state index in [1.807, 2.05) is 0 Å². The van der Waals surface area contributed by atoms with Crippen LogP contribution in [0.4, 0.5) is 4.79 Å². The van der Waals surface area contributed by atoms with E-state index >= 15 is 0 Å². The molecule has 1 spiro atoms. The summed E-state index contributed by atoms with van der Waals surface area (Å²) in [5.74, 6) is 3.11. The second-order valence-corrected chi connectivity index (χ2v) is 5.71. The van der Waals surface area contributed by atoms with Gasteiger partial charge in [0.25, 0.3) is 0 Å². The van der Waals surface area contributed by atoms with Gasteiger partial charge in [0.05, 0.1) is 0 Å². The fourth-order valence-electron chi connectivity index (χ4n) is 4.12. The molecule has 3 rings (SSSR count). The standard InChI is InChI=1S/C12H18O3/c1-7-8(2)10-3-9(7)4-12(10)5-14-11(13)15-6-12/h7-10H,3-6H2,1-2H3. The Kier molecular flexibility index (Phi) is 1.83. The lowest BCUT2D eigenvalue weighted by atomic mass is 9.66. The predicted octanol–water partition coefficient (Wildman–Crippen LogP) is 2.45. The lowest BCUT2D eigenvalue weighted by Gasteiger charge is -2.43. The highest BCUT2D eigenvalue weighted by Gasteiger charge is 2.59. The van der Waals surface area contributed by atoms with Crippen LogP contribution < -0.4 is 0 Å². The molecule has 0 aromatic carbocycles. The fraction of sp³-hybridized carbons (Fsp3) is 0.917. The molecule has 3 fully saturated rings. The molecule has 2 saturated carbocycles. The average molecular weight is 210 g/mol. The maximum absolute atomic E-state index is 10.9. The first kappa shape index (κ1) is 9.49. The van der Waals surface area contributed by atoms with Gasteiger partial charge >= 0.3 is 6.16 Å². The van der Waals surface area contributed by atoms with Crippen LogP contribution >= 0.6 is 0 Å². The average Bonchev–Trinajstić information content (AvgIpc) is 2.71. The molecule has 2 bridgehead atoms. The third-order valence-corrected chi connectivity index (χ3v) is 5.17. The van der Waals surface area contributed by atoms with Crippen LogP contribution in [0.25, 0.3) is 0 Å². The summed E-state index contributed by atoms with van der Waals surface area (Å²) in [5, 5.41) is 0. The van der Waals surface area contributed by atoms with Gasteiger partial charge in [0.15, 0.2) is 0 Å². The van der Waals surface area contributed by atoms with Crippen molar-refractivity contribution in [2.45, 2.75) is 26.7 Å². The summed E-state index contributed by atoms with van der Waals surface area (Å²) in [6.45, 7) is 5.87. The Balaban J connectivity index is 1.82. The first-order valence-electron chi connectivity index (χ1n) is 5.92. The van der Waals surface area contributed by atoms with Gasteiger partial charge in [-0.25, -0.2) is 4.79 Å². The van der Waals surface area contributed by atoms with Gasteiger partial charge in [-0.1, -0.05) is 13.8 Å². The van der Waals surface area contributed by atoms with Gasteiger partial charge in [-0.05, 0) is 36.5 Å². The van der Waals surface area contributed by atoms with Crippen LogP contribution in [-0.2, 0) is 9.47 Å². The van der Waals surface area contributed by atoms with Crippen molar-refractivity contribution in [1.82, 2.24) is 0 Å². The topological polar surface area (TPSA) is 35.5 Å². The quantitative estimate of drug-likeness (QED) is 0.576. The maximum Gasteiger partial charge on any atom is 0.508 e. The Bertz CT molecular complexity index is 287. The molecule has 4 atom stereocenters. The molecule has 2 aliphatic carbocycles. The Hall–Kier alpha value is -0.730. The molecular weight excluding hydrogens is 192 g/mol. The molecule has 1 heterocycles. The zero-order chi connectivity index (χ0) is 10.6. The molecule has 84 valence electrons. The van der Waals surface area contributed by atoms with Crippen molar-refractivity contribution >= 4 is 6.16 Å². The van der Waals surface area contributed by atoms with Gasteiger partial charge < -0.3 is 9.47 Å². The summed E-state index contributed by atoms with van der Waals surface area (Å²) in [6, 6.07) is 0. The number of rotatable bonds is 0. The Morgan fingerprint density at radius 2 is 1.87 bits per heavy atom. The van der Waals surface area contributed by atoms with E-state index in [9.17, 15) is 4.79 Å². The van der Waals surface area contributed by atoms with Crippen molar-refractivity contribution in [1.29, 1.82) is 0 Å². The minimum Gasteiger partial charge on any atom is -0.434 e. The van der Waals surface area contributed by atoms with Crippen LogP contribution in [0.3, 0.4) is 0 Å². The van der Waals surface area contributed by atoms with Gasteiger partial charge in [0.1, 0.15) is 13.2 Å². The number of hydrogen-bond donors (Lipinski definition) is 0. The fourth-order valence-corrected chi connectivity index (χ4v) is 4.12. The van der Waals surface area contributed by atoms with Crippen LogP contribution in [0.15, 0.2) is 0 Å². The van der Waals surface area contributed by atoms with Crippen LogP contribution in [0.5, 0.6) is 0 Å². The molecule has 0 aromatic rings. The van der Waals surface area contributed by atoms with Crippen LogP contribution in [0.1, 0.15) is 26.7 Å². The van der Waals surface area contributed by atoms with Crippen LogP contribution in [0.2, 0.25) is 0 Å².